The highest BCUT2D eigenvalue weighted by atomic mass is 79.9. The Labute approximate surface area is 124 Å². The van der Waals surface area contributed by atoms with Gasteiger partial charge in [0, 0.05) is 12.4 Å². The predicted molar refractivity (Wildman–Crippen MR) is 80.2 cm³/mol. The molecule has 0 radical (unpaired) electrons. The zero-order chi connectivity index (χ0) is 13.8. The number of carbonyl (C=O) groups is 1. The number of hydrogen-bond donors (Lipinski definition) is 1. The van der Waals surface area contributed by atoms with Gasteiger partial charge in [-0.15, -0.1) is 0 Å². The van der Waals surface area contributed by atoms with Gasteiger partial charge in [-0.1, -0.05) is 40.5 Å². The fourth-order valence-electron chi connectivity index (χ4n) is 1.65. The Morgan fingerprint density at radius 2 is 2.32 bits per heavy atom. The van der Waals surface area contributed by atoms with Crippen molar-refractivity contribution in [2.75, 3.05) is 5.32 Å². The van der Waals surface area contributed by atoms with Gasteiger partial charge < -0.3 is 5.32 Å². The summed E-state index contributed by atoms with van der Waals surface area (Å²) in [5.41, 5.74) is 1.30. The molecule has 0 saturated heterocycles. The summed E-state index contributed by atoms with van der Waals surface area (Å²) in [7, 11) is 0. The number of nitrogens with one attached hydrogen (secondary N) is 1. The Hall–Kier alpha value is -1.33. The van der Waals surface area contributed by atoms with E-state index in [-0.39, 0.29) is 10.7 Å². The summed E-state index contributed by atoms with van der Waals surface area (Å²) in [6.45, 7) is 1.94. The molecule has 0 aliphatic heterocycles. The second-order valence-electron chi connectivity index (χ2n) is 3.95. The first-order valence-electron chi connectivity index (χ1n) is 5.87. The second kappa shape index (κ2) is 6.21. The van der Waals surface area contributed by atoms with Crippen LogP contribution in [0.3, 0.4) is 0 Å². The molecular formula is C13H13BrClN3O. The molecular weight excluding hydrogens is 330 g/mol. The molecule has 1 atom stereocenters. The number of carbonyl (C=O) groups excluding carboxylic acids is 1. The molecule has 0 saturated carbocycles. The first-order chi connectivity index (χ1) is 9.13. The molecule has 1 aromatic heterocycles. The lowest BCUT2D eigenvalue weighted by molar-refractivity contribution is -0.115. The summed E-state index contributed by atoms with van der Waals surface area (Å²) in [6.07, 6.45) is 4.15. The number of amides is 1. The van der Waals surface area contributed by atoms with E-state index in [2.05, 4.69) is 26.3 Å². The summed E-state index contributed by atoms with van der Waals surface area (Å²) in [4.78, 5) is 11.7. The van der Waals surface area contributed by atoms with Crippen LogP contribution < -0.4 is 5.32 Å². The fourth-order valence-corrected chi connectivity index (χ4v) is 2.02. The van der Waals surface area contributed by atoms with E-state index in [1.807, 2.05) is 6.92 Å². The normalized spacial score (nSPS) is 12.2. The van der Waals surface area contributed by atoms with E-state index in [1.165, 1.54) is 0 Å². The second-order valence-corrected chi connectivity index (χ2v) is 5.46. The van der Waals surface area contributed by atoms with Gasteiger partial charge in [0.1, 0.15) is 5.69 Å². The molecule has 1 heterocycles. The lowest BCUT2D eigenvalue weighted by Gasteiger charge is -2.14. The Balaban J connectivity index is 2.36. The van der Waals surface area contributed by atoms with E-state index in [0.717, 1.165) is 0 Å². The van der Waals surface area contributed by atoms with Gasteiger partial charge in [0.25, 0.3) is 0 Å². The van der Waals surface area contributed by atoms with E-state index in [9.17, 15) is 4.79 Å². The number of anilines is 1. The summed E-state index contributed by atoms with van der Waals surface area (Å²) < 4.78 is 1.63. The van der Waals surface area contributed by atoms with Crippen LogP contribution in [0, 0.1) is 0 Å². The van der Waals surface area contributed by atoms with Crippen LogP contribution in [0.25, 0.3) is 5.69 Å². The van der Waals surface area contributed by atoms with Crippen LogP contribution in [0.2, 0.25) is 5.02 Å². The zero-order valence-electron chi connectivity index (χ0n) is 10.3. The van der Waals surface area contributed by atoms with Crippen molar-refractivity contribution in [2.24, 2.45) is 0 Å². The van der Waals surface area contributed by atoms with Gasteiger partial charge in [-0.25, -0.2) is 4.68 Å². The predicted octanol–water partition coefficient (Wildman–Crippen LogP) is 3.64. The molecule has 19 heavy (non-hydrogen) atoms. The topological polar surface area (TPSA) is 46.9 Å². The Morgan fingerprint density at radius 1 is 1.53 bits per heavy atom. The molecule has 0 aliphatic rings. The standard InChI is InChI=1S/C13H13BrClN3O/c1-2-9(14)13(19)17-11-6-3-5-10(15)12(11)18-8-4-7-16-18/h3-9H,2H2,1H3,(H,17,19). The van der Waals surface area contributed by atoms with Gasteiger partial charge in [-0.2, -0.15) is 5.10 Å². The number of rotatable bonds is 4. The minimum atomic E-state index is -0.225. The lowest BCUT2D eigenvalue weighted by Crippen LogP contribution is -2.23. The maximum absolute atomic E-state index is 11.9. The lowest BCUT2D eigenvalue weighted by atomic mass is 10.2. The minimum absolute atomic E-state index is 0.0989. The Bertz CT molecular complexity index is 571. The van der Waals surface area contributed by atoms with Crippen LogP contribution in [0.4, 0.5) is 5.69 Å². The highest BCUT2D eigenvalue weighted by Gasteiger charge is 2.16. The fraction of sp³-hybridized carbons (Fsp3) is 0.231. The van der Waals surface area contributed by atoms with Crippen molar-refractivity contribution in [3.8, 4) is 5.69 Å². The maximum Gasteiger partial charge on any atom is 0.238 e. The maximum atomic E-state index is 11.9. The molecule has 1 amide bonds. The molecule has 100 valence electrons. The number of para-hydroxylation sites is 1. The SMILES string of the molecule is CCC(Br)C(=O)Nc1cccc(Cl)c1-n1cccn1. The van der Waals surface area contributed by atoms with Crippen LogP contribution in [0.1, 0.15) is 13.3 Å². The molecule has 1 unspecified atom stereocenters. The van der Waals surface area contributed by atoms with Crippen molar-refractivity contribution in [2.45, 2.75) is 18.2 Å². The number of hydrogen-bond acceptors (Lipinski definition) is 2. The number of nitrogens with zero attached hydrogens (tertiary/aromatic N) is 2. The number of alkyl halides is 1. The zero-order valence-corrected chi connectivity index (χ0v) is 12.6. The first-order valence-corrected chi connectivity index (χ1v) is 7.16. The molecule has 0 aliphatic carbocycles. The molecule has 1 aromatic carbocycles. The third kappa shape index (κ3) is 3.16. The third-order valence-corrected chi connectivity index (χ3v) is 3.99. The number of aromatic nitrogens is 2. The number of halogens is 2. The van der Waals surface area contributed by atoms with E-state index in [0.29, 0.717) is 22.8 Å². The molecule has 2 aromatic rings. The number of benzene rings is 1. The molecule has 1 N–H and O–H groups in total. The smallest absolute Gasteiger partial charge is 0.238 e. The van der Waals surface area contributed by atoms with E-state index in [1.54, 1.807) is 41.3 Å². The van der Waals surface area contributed by atoms with Crippen molar-refractivity contribution in [1.82, 2.24) is 9.78 Å². The highest BCUT2D eigenvalue weighted by molar-refractivity contribution is 9.10. The van der Waals surface area contributed by atoms with Crippen molar-refractivity contribution in [3.05, 3.63) is 41.7 Å². The monoisotopic (exact) mass is 341 g/mol. The molecule has 0 bridgehead atoms. The Morgan fingerprint density at radius 3 is 2.95 bits per heavy atom. The van der Waals surface area contributed by atoms with Crippen LogP contribution >= 0.6 is 27.5 Å². The van der Waals surface area contributed by atoms with E-state index < -0.39 is 0 Å². The van der Waals surface area contributed by atoms with Crippen molar-refractivity contribution >= 4 is 39.1 Å². The van der Waals surface area contributed by atoms with Gasteiger partial charge in [0.15, 0.2) is 0 Å². The van der Waals surface area contributed by atoms with Crippen LogP contribution in [0.15, 0.2) is 36.7 Å². The average molecular weight is 343 g/mol. The van der Waals surface area contributed by atoms with Gasteiger partial charge in [0.2, 0.25) is 5.91 Å². The summed E-state index contributed by atoms with van der Waals surface area (Å²) >= 11 is 9.52. The van der Waals surface area contributed by atoms with Crippen LogP contribution in [-0.2, 0) is 4.79 Å². The van der Waals surface area contributed by atoms with Crippen molar-refractivity contribution in [3.63, 3.8) is 0 Å². The molecule has 0 fully saturated rings. The Kier molecular flexibility index (Phi) is 4.61. The summed E-state index contributed by atoms with van der Waals surface area (Å²) in [5.74, 6) is -0.0989. The van der Waals surface area contributed by atoms with Gasteiger partial charge in [-0.05, 0) is 24.6 Å². The summed E-state index contributed by atoms with van der Waals surface area (Å²) in [6, 6.07) is 7.16. The highest BCUT2D eigenvalue weighted by Crippen LogP contribution is 2.28. The largest absolute Gasteiger partial charge is 0.323 e. The van der Waals surface area contributed by atoms with Crippen molar-refractivity contribution in [1.29, 1.82) is 0 Å². The molecule has 2 rings (SSSR count). The minimum Gasteiger partial charge on any atom is -0.323 e. The van der Waals surface area contributed by atoms with Gasteiger partial charge in [-0.3, -0.25) is 4.79 Å². The van der Waals surface area contributed by atoms with E-state index in [4.69, 9.17) is 11.6 Å². The summed E-state index contributed by atoms with van der Waals surface area (Å²) in [5, 5.41) is 7.54. The van der Waals surface area contributed by atoms with E-state index >= 15 is 0 Å². The average Bonchev–Trinajstić information content (AvgIpc) is 2.91. The van der Waals surface area contributed by atoms with Crippen LogP contribution in [0.5, 0.6) is 0 Å². The third-order valence-electron chi connectivity index (χ3n) is 2.62. The quantitative estimate of drug-likeness (QED) is 0.862. The molecule has 6 heteroatoms. The molecule has 0 spiro atoms. The van der Waals surface area contributed by atoms with Gasteiger partial charge >= 0.3 is 0 Å². The van der Waals surface area contributed by atoms with Crippen molar-refractivity contribution < 1.29 is 4.79 Å². The molecule has 4 nitrogen and oxygen atoms in total. The van der Waals surface area contributed by atoms with Crippen LogP contribution in [-0.4, -0.2) is 20.5 Å². The van der Waals surface area contributed by atoms with Gasteiger partial charge in [0.05, 0.1) is 15.5 Å². The first kappa shape index (κ1) is 14.1.